The quantitative estimate of drug-likeness (QED) is 0.649. The summed E-state index contributed by atoms with van der Waals surface area (Å²) in [5.41, 5.74) is 1.91. The number of hydrogen-bond donors (Lipinski definition) is 1. The molecule has 0 saturated heterocycles. The molecule has 0 atom stereocenters. The van der Waals surface area contributed by atoms with Crippen LogP contribution in [0.2, 0.25) is 0 Å². The summed E-state index contributed by atoms with van der Waals surface area (Å²) in [5, 5.41) is 6.11. The van der Waals surface area contributed by atoms with Crippen molar-refractivity contribution < 1.29 is 4.79 Å². The monoisotopic (exact) mass is 380 g/mol. The Bertz CT molecular complexity index is 787. The second kappa shape index (κ2) is 7.91. The zero-order valence-electron chi connectivity index (χ0n) is 12.1. The molecule has 0 bridgehead atoms. The lowest BCUT2D eigenvalue weighted by atomic mass is 10.2. The van der Waals surface area contributed by atoms with E-state index < -0.39 is 0 Å². The average molecular weight is 381 g/mol. The molecular weight excluding hydrogens is 368 g/mol. The van der Waals surface area contributed by atoms with Crippen LogP contribution in [-0.2, 0) is 4.79 Å². The summed E-state index contributed by atoms with van der Waals surface area (Å²) >= 11 is 5.61. The molecule has 2 heterocycles. The SMILES string of the molecule is CSc1nsc(SCC(=O)Nc2nc(-c3ccccc3)cs2)n1. The number of hydrogen-bond acceptors (Lipinski definition) is 8. The van der Waals surface area contributed by atoms with Crippen LogP contribution in [0.3, 0.4) is 0 Å². The molecule has 1 amide bonds. The molecule has 0 radical (unpaired) electrons. The van der Waals surface area contributed by atoms with Gasteiger partial charge in [-0.3, -0.25) is 4.79 Å². The van der Waals surface area contributed by atoms with E-state index in [1.165, 1.54) is 46.4 Å². The van der Waals surface area contributed by atoms with Crippen molar-refractivity contribution in [2.75, 3.05) is 17.3 Å². The first-order valence-corrected chi connectivity index (χ1v) is 10.4. The third kappa shape index (κ3) is 4.54. The van der Waals surface area contributed by atoms with Gasteiger partial charge in [0.25, 0.3) is 0 Å². The Hall–Kier alpha value is -1.42. The van der Waals surface area contributed by atoms with Crippen molar-refractivity contribution in [2.45, 2.75) is 9.50 Å². The largest absolute Gasteiger partial charge is 0.301 e. The summed E-state index contributed by atoms with van der Waals surface area (Å²) in [7, 11) is 0. The number of thiazole rings is 1. The van der Waals surface area contributed by atoms with Crippen LogP contribution in [0.4, 0.5) is 5.13 Å². The van der Waals surface area contributed by atoms with E-state index in [-0.39, 0.29) is 5.91 Å². The van der Waals surface area contributed by atoms with E-state index in [9.17, 15) is 4.79 Å². The highest BCUT2D eigenvalue weighted by Crippen LogP contribution is 2.26. The van der Waals surface area contributed by atoms with E-state index in [0.29, 0.717) is 10.9 Å². The van der Waals surface area contributed by atoms with Crippen molar-refractivity contribution in [3.8, 4) is 11.3 Å². The van der Waals surface area contributed by atoms with Crippen LogP contribution in [0.25, 0.3) is 11.3 Å². The summed E-state index contributed by atoms with van der Waals surface area (Å²) in [5.74, 6) is 0.202. The summed E-state index contributed by atoms with van der Waals surface area (Å²) in [6.45, 7) is 0. The molecule has 3 rings (SSSR count). The number of nitrogens with one attached hydrogen (secondary N) is 1. The average Bonchev–Trinajstić information content (AvgIpc) is 3.23. The van der Waals surface area contributed by atoms with Gasteiger partial charge in [0, 0.05) is 10.9 Å². The van der Waals surface area contributed by atoms with Crippen LogP contribution in [0.1, 0.15) is 0 Å². The second-order valence-electron chi connectivity index (χ2n) is 4.29. The van der Waals surface area contributed by atoms with Crippen LogP contribution in [-0.4, -0.2) is 32.3 Å². The van der Waals surface area contributed by atoms with Crippen molar-refractivity contribution >= 4 is 57.4 Å². The summed E-state index contributed by atoms with van der Waals surface area (Å²) in [6, 6.07) is 9.89. The maximum atomic E-state index is 12.0. The third-order valence-electron chi connectivity index (χ3n) is 2.72. The number of rotatable bonds is 6. The minimum absolute atomic E-state index is 0.0927. The van der Waals surface area contributed by atoms with Gasteiger partial charge in [-0.25, -0.2) is 9.97 Å². The highest BCUT2D eigenvalue weighted by Gasteiger charge is 2.10. The Kier molecular flexibility index (Phi) is 5.65. The lowest BCUT2D eigenvalue weighted by Crippen LogP contribution is -2.13. The lowest BCUT2D eigenvalue weighted by molar-refractivity contribution is -0.113. The van der Waals surface area contributed by atoms with Crippen LogP contribution in [0.5, 0.6) is 0 Å². The van der Waals surface area contributed by atoms with Crippen molar-refractivity contribution in [1.82, 2.24) is 14.3 Å². The van der Waals surface area contributed by atoms with Crippen molar-refractivity contribution in [1.29, 1.82) is 0 Å². The molecule has 118 valence electrons. The predicted molar refractivity (Wildman–Crippen MR) is 98.6 cm³/mol. The number of carbonyl (C=O) groups is 1. The van der Waals surface area contributed by atoms with E-state index >= 15 is 0 Å². The second-order valence-corrected chi connectivity index (χ2v) is 7.89. The molecule has 5 nitrogen and oxygen atoms in total. The zero-order valence-corrected chi connectivity index (χ0v) is 15.3. The van der Waals surface area contributed by atoms with Gasteiger partial charge in [-0.05, 0) is 17.8 Å². The van der Waals surface area contributed by atoms with Gasteiger partial charge in [-0.1, -0.05) is 53.9 Å². The summed E-state index contributed by atoms with van der Waals surface area (Å²) in [4.78, 5) is 20.7. The van der Waals surface area contributed by atoms with Crippen LogP contribution >= 0.6 is 46.4 Å². The molecule has 0 aliphatic rings. The van der Waals surface area contributed by atoms with Crippen LogP contribution in [0.15, 0.2) is 45.2 Å². The Labute approximate surface area is 150 Å². The normalized spacial score (nSPS) is 10.7. The number of carbonyl (C=O) groups excluding carboxylic acids is 1. The highest BCUT2D eigenvalue weighted by molar-refractivity contribution is 8.01. The number of thioether (sulfide) groups is 2. The topological polar surface area (TPSA) is 67.8 Å². The molecular formula is C14H12N4OS4. The smallest absolute Gasteiger partial charge is 0.236 e. The Morgan fingerprint density at radius 3 is 2.83 bits per heavy atom. The van der Waals surface area contributed by atoms with Gasteiger partial charge in [-0.15, -0.1) is 11.3 Å². The minimum Gasteiger partial charge on any atom is -0.301 e. The van der Waals surface area contributed by atoms with Crippen molar-refractivity contribution in [3.63, 3.8) is 0 Å². The standard InChI is InChI=1S/C14H12N4OS4/c1-20-13-17-14(23-18-13)22-8-11(19)16-12-15-10(7-21-12)9-5-3-2-4-6-9/h2-7H,8H2,1H3,(H,15,16,19). The molecule has 23 heavy (non-hydrogen) atoms. The molecule has 3 aromatic rings. The van der Waals surface area contributed by atoms with E-state index in [1.807, 2.05) is 42.0 Å². The first-order chi connectivity index (χ1) is 11.2. The fourth-order valence-corrected chi connectivity index (χ4v) is 4.44. The minimum atomic E-state index is -0.0927. The van der Waals surface area contributed by atoms with E-state index in [1.54, 1.807) is 0 Å². The number of amides is 1. The number of nitrogens with zero attached hydrogens (tertiary/aromatic N) is 3. The number of anilines is 1. The van der Waals surface area contributed by atoms with Crippen LogP contribution in [0, 0.1) is 0 Å². The zero-order chi connectivity index (χ0) is 16.1. The molecule has 0 aliphatic carbocycles. The number of aromatic nitrogens is 3. The van der Waals surface area contributed by atoms with Crippen molar-refractivity contribution in [2.24, 2.45) is 0 Å². The van der Waals surface area contributed by atoms with Gasteiger partial charge < -0.3 is 5.32 Å². The van der Waals surface area contributed by atoms with E-state index in [0.717, 1.165) is 20.8 Å². The fourth-order valence-electron chi connectivity index (χ4n) is 1.69. The molecule has 0 unspecified atom stereocenters. The number of benzene rings is 1. The van der Waals surface area contributed by atoms with Crippen molar-refractivity contribution in [3.05, 3.63) is 35.7 Å². The predicted octanol–water partition coefficient (Wildman–Crippen LogP) is 4.11. The summed E-state index contributed by atoms with van der Waals surface area (Å²) < 4.78 is 4.96. The lowest BCUT2D eigenvalue weighted by Gasteiger charge is -1.99. The van der Waals surface area contributed by atoms with Gasteiger partial charge in [-0.2, -0.15) is 4.37 Å². The first kappa shape index (κ1) is 16.4. The Morgan fingerprint density at radius 2 is 2.09 bits per heavy atom. The Morgan fingerprint density at radius 1 is 1.26 bits per heavy atom. The van der Waals surface area contributed by atoms with Gasteiger partial charge in [0.05, 0.1) is 11.4 Å². The van der Waals surface area contributed by atoms with E-state index in [4.69, 9.17) is 0 Å². The fraction of sp³-hybridized carbons (Fsp3) is 0.143. The Balaban J connectivity index is 1.55. The molecule has 1 N–H and O–H groups in total. The van der Waals surface area contributed by atoms with Gasteiger partial charge in [0.2, 0.25) is 11.1 Å². The summed E-state index contributed by atoms with van der Waals surface area (Å²) in [6.07, 6.45) is 1.93. The molecule has 9 heteroatoms. The molecule has 0 fully saturated rings. The van der Waals surface area contributed by atoms with Gasteiger partial charge in [0.15, 0.2) is 9.47 Å². The van der Waals surface area contributed by atoms with Gasteiger partial charge in [0.1, 0.15) is 0 Å². The molecule has 1 aromatic carbocycles. The maximum absolute atomic E-state index is 12.0. The molecule has 0 aliphatic heterocycles. The van der Waals surface area contributed by atoms with E-state index in [2.05, 4.69) is 19.7 Å². The third-order valence-corrected chi connectivity index (χ3v) is 5.97. The molecule has 0 spiro atoms. The maximum Gasteiger partial charge on any atom is 0.236 e. The molecule has 0 saturated carbocycles. The van der Waals surface area contributed by atoms with Gasteiger partial charge >= 0.3 is 0 Å². The first-order valence-electron chi connectivity index (χ1n) is 6.56. The van der Waals surface area contributed by atoms with Crippen LogP contribution < -0.4 is 5.32 Å². The molecule has 2 aromatic heterocycles. The highest BCUT2D eigenvalue weighted by atomic mass is 32.2.